The van der Waals surface area contributed by atoms with Crippen LogP contribution in [0.25, 0.3) is 0 Å². The summed E-state index contributed by atoms with van der Waals surface area (Å²) < 4.78 is 4.94. The molecule has 1 aromatic carbocycles. The van der Waals surface area contributed by atoms with Gasteiger partial charge in [-0.2, -0.15) is 0 Å². The SMILES string of the molecule is CCOCC(=O)NCC(O)c1cc(Cl)cc(Cl)c1. The molecule has 2 N–H and O–H groups in total. The number of carbonyl (C=O) groups excluding carboxylic acids is 1. The van der Waals surface area contributed by atoms with Crippen LogP contribution in [-0.2, 0) is 9.53 Å². The molecule has 100 valence electrons. The molecule has 18 heavy (non-hydrogen) atoms. The predicted octanol–water partition coefficient (Wildman–Crippen LogP) is 2.18. The largest absolute Gasteiger partial charge is 0.387 e. The van der Waals surface area contributed by atoms with Gasteiger partial charge in [0.1, 0.15) is 6.61 Å². The summed E-state index contributed by atoms with van der Waals surface area (Å²) in [6, 6.07) is 4.78. The average Bonchev–Trinajstić information content (AvgIpc) is 2.32. The average molecular weight is 292 g/mol. The number of nitrogens with one attached hydrogen (secondary N) is 1. The van der Waals surface area contributed by atoms with Gasteiger partial charge in [0.2, 0.25) is 5.91 Å². The van der Waals surface area contributed by atoms with Crippen LogP contribution in [0.3, 0.4) is 0 Å². The molecule has 1 aromatic rings. The van der Waals surface area contributed by atoms with Crippen molar-refractivity contribution in [1.82, 2.24) is 5.32 Å². The Morgan fingerprint density at radius 2 is 2.00 bits per heavy atom. The summed E-state index contributed by atoms with van der Waals surface area (Å²) in [5.41, 5.74) is 0.559. The second kappa shape index (κ2) is 7.59. The molecule has 0 saturated heterocycles. The van der Waals surface area contributed by atoms with Crippen LogP contribution >= 0.6 is 23.2 Å². The first-order chi connectivity index (χ1) is 8.52. The van der Waals surface area contributed by atoms with E-state index >= 15 is 0 Å². The molecule has 0 aliphatic heterocycles. The summed E-state index contributed by atoms with van der Waals surface area (Å²) in [7, 11) is 0. The number of benzene rings is 1. The van der Waals surface area contributed by atoms with E-state index in [4.69, 9.17) is 27.9 Å². The summed E-state index contributed by atoms with van der Waals surface area (Å²) in [5, 5.41) is 13.3. The minimum atomic E-state index is -0.855. The van der Waals surface area contributed by atoms with Crippen molar-refractivity contribution in [2.75, 3.05) is 19.8 Å². The van der Waals surface area contributed by atoms with Gasteiger partial charge in [-0.25, -0.2) is 0 Å². The number of aliphatic hydroxyl groups is 1. The summed E-state index contributed by atoms with van der Waals surface area (Å²) in [5.74, 6) is -0.274. The first-order valence-electron chi connectivity index (χ1n) is 5.51. The molecular formula is C12H15Cl2NO3. The molecule has 0 aliphatic rings. The van der Waals surface area contributed by atoms with E-state index < -0.39 is 6.10 Å². The molecule has 6 heteroatoms. The Balaban J connectivity index is 2.49. The minimum Gasteiger partial charge on any atom is -0.387 e. The monoisotopic (exact) mass is 291 g/mol. The Labute approximate surface area is 116 Å². The zero-order valence-electron chi connectivity index (χ0n) is 9.95. The first-order valence-corrected chi connectivity index (χ1v) is 6.27. The van der Waals surface area contributed by atoms with E-state index in [9.17, 15) is 9.90 Å². The van der Waals surface area contributed by atoms with E-state index in [0.717, 1.165) is 0 Å². The highest BCUT2D eigenvalue weighted by Gasteiger charge is 2.11. The van der Waals surface area contributed by atoms with Crippen LogP contribution in [0.2, 0.25) is 10.0 Å². The third-order valence-electron chi connectivity index (χ3n) is 2.20. The molecule has 0 radical (unpaired) electrons. The molecule has 1 rings (SSSR count). The van der Waals surface area contributed by atoms with Gasteiger partial charge in [0.25, 0.3) is 0 Å². The highest BCUT2D eigenvalue weighted by Crippen LogP contribution is 2.23. The van der Waals surface area contributed by atoms with Crippen LogP contribution in [0.5, 0.6) is 0 Å². The predicted molar refractivity (Wildman–Crippen MR) is 70.9 cm³/mol. The van der Waals surface area contributed by atoms with Crippen molar-refractivity contribution < 1.29 is 14.6 Å². The highest BCUT2D eigenvalue weighted by molar-refractivity contribution is 6.34. The van der Waals surface area contributed by atoms with Crippen LogP contribution in [0.15, 0.2) is 18.2 Å². The second-order valence-electron chi connectivity index (χ2n) is 3.66. The maximum absolute atomic E-state index is 11.3. The van der Waals surface area contributed by atoms with Crippen LogP contribution < -0.4 is 5.32 Å². The zero-order valence-corrected chi connectivity index (χ0v) is 11.5. The number of carbonyl (C=O) groups is 1. The number of aliphatic hydroxyl groups excluding tert-OH is 1. The van der Waals surface area contributed by atoms with Gasteiger partial charge in [0, 0.05) is 23.2 Å². The smallest absolute Gasteiger partial charge is 0.246 e. The van der Waals surface area contributed by atoms with Crippen molar-refractivity contribution in [3.05, 3.63) is 33.8 Å². The van der Waals surface area contributed by atoms with Gasteiger partial charge >= 0.3 is 0 Å². The fraction of sp³-hybridized carbons (Fsp3) is 0.417. The van der Waals surface area contributed by atoms with Crippen molar-refractivity contribution in [2.45, 2.75) is 13.0 Å². The summed E-state index contributed by atoms with van der Waals surface area (Å²) in [4.78, 5) is 11.3. The Bertz CT molecular complexity index is 392. The lowest BCUT2D eigenvalue weighted by Crippen LogP contribution is -2.31. The van der Waals surface area contributed by atoms with Gasteiger partial charge in [-0.1, -0.05) is 23.2 Å². The molecule has 4 nitrogen and oxygen atoms in total. The zero-order chi connectivity index (χ0) is 13.5. The number of hydrogen-bond donors (Lipinski definition) is 2. The Hall–Kier alpha value is -0.810. The maximum Gasteiger partial charge on any atom is 0.246 e. The van der Waals surface area contributed by atoms with Gasteiger partial charge in [-0.3, -0.25) is 4.79 Å². The van der Waals surface area contributed by atoms with E-state index in [1.54, 1.807) is 25.1 Å². The molecule has 0 heterocycles. The molecule has 0 spiro atoms. The van der Waals surface area contributed by atoms with E-state index in [2.05, 4.69) is 5.32 Å². The number of hydrogen-bond acceptors (Lipinski definition) is 3. The fourth-order valence-corrected chi connectivity index (χ4v) is 1.88. The van der Waals surface area contributed by atoms with Gasteiger partial charge < -0.3 is 15.2 Å². The lowest BCUT2D eigenvalue weighted by atomic mass is 10.1. The fourth-order valence-electron chi connectivity index (χ4n) is 1.34. The van der Waals surface area contributed by atoms with Gasteiger partial charge in [-0.15, -0.1) is 0 Å². The van der Waals surface area contributed by atoms with Crippen molar-refractivity contribution in [1.29, 1.82) is 0 Å². The molecule has 0 aliphatic carbocycles. The number of amides is 1. The standard InChI is InChI=1S/C12H15Cl2NO3/c1-2-18-7-12(17)15-6-11(16)8-3-9(13)5-10(14)4-8/h3-5,11,16H,2,6-7H2,1H3,(H,15,17). The molecule has 1 unspecified atom stereocenters. The third kappa shape index (κ3) is 5.23. The number of rotatable bonds is 6. The molecule has 0 aromatic heterocycles. The summed E-state index contributed by atoms with van der Waals surface area (Å²) in [6.45, 7) is 2.35. The van der Waals surface area contributed by atoms with Gasteiger partial charge in [0.15, 0.2) is 0 Å². The molecule has 1 amide bonds. The van der Waals surface area contributed by atoms with E-state index in [0.29, 0.717) is 22.2 Å². The Morgan fingerprint density at radius 1 is 1.39 bits per heavy atom. The Kier molecular flexibility index (Phi) is 6.43. The van der Waals surface area contributed by atoms with Crippen molar-refractivity contribution in [2.24, 2.45) is 0 Å². The lowest BCUT2D eigenvalue weighted by Gasteiger charge is -2.13. The van der Waals surface area contributed by atoms with Crippen LogP contribution in [0.4, 0.5) is 0 Å². The molecule has 0 bridgehead atoms. The van der Waals surface area contributed by atoms with E-state index in [1.807, 2.05) is 0 Å². The lowest BCUT2D eigenvalue weighted by molar-refractivity contribution is -0.126. The molecule has 0 fully saturated rings. The summed E-state index contributed by atoms with van der Waals surface area (Å²) in [6.07, 6.45) is -0.855. The van der Waals surface area contributed by atoms with Crippen LogP contribution in [0.1, 0.15) is 18.6 Å². The van der Waals surface area contributed by atoms with Crippen molar-refractivity contribution >= 4 is 29.1 Å². The Morgan fingerprint density at radius 3 is 2.56 bits per heavy atom. The van der Waals surface area contributed by atoms with Crippen molar-refractivity contribution in [3.8, 4) is 0 Å². The third-order valence-corrected chi connectivity index (χ3v) is 2.64. The van der Waals surface area contributed by atoms with Gasteiger partial charge in [0.05, 0.1) is 6.10 Å². The minimum absolute atomic E-state index is 0.0144. The quantitative estimate of drug-likeness (QED) is 0.845. The number of ether oxygens (including phenoxy) is 1. The molecule has 0 saturated carbocycles. The maximum atomic E-state index is 11.3. The van der Waals surface area contributed by atoms with Crippen molar-refractivity contribution in [3.63, 3.8) is 0 Å². The first kappa shape index (κ1) is 15.2. The summed E-state index contributed by atoms with van der Waals surface area (Å²) >= 11 is 11.6. The molecule has 1 atom stereocenters. The topological polar surface area (TPSA) is 58.6 Å². The van der Waals surface area contributed by atoms with Crippen LogP contribution in [0, 0.1) is 0 Å². The van der Waals surface area contributed by atoms with Crippen LogP contribution in [-0.4, -0.2) is 30.8 Å². The van der Waals surface area contributed by atoms with E-state index in [-0.39, 0.29) is 19.1 Å². The van der Waals surface area contributed by atoms with Gasteiger partial charge in [-0.05, 0) is 30.7 Å². The highest BCUT2D eigenvalue weighted by atomic mass is 35.5. The molecular weight excluding hydrogens is 277 g/mol. The second-order valence-corrected chi connectivity index (χ2v) is 4.53. The number of halogens is 2. The normalized spacial score (nSPS) is 12.2. The van der Waals surface area contributed by atoms with E-state index in [1.165, 1.54) is 0 Å².